The molecule has 0 aliphatic carbocycles. The van der Waals surface area contributed by atoms with Crippen molar-refractivity contribution in [1.29, 1.82) is 0 Å². The van der Waals surface area contributed by atoms with E-state index in [4.69, 9.17) is 9.72 Å². The van der Waals surface area contributed by atoms with Gasteiger partial charge in [0, 0.05) is 44.7 Å². The maximum atomic E-state index is 5.48. The first-order valence-electron chi connectivity index (χ1n) is 8.40. The number of ether oxygens (including phenoxy) is 1. The van der Waals surface area contributed by atoms with Crippen LogP contribution in [0.3, 0.4) is 0 Å². The van der Waals surface area contributed by atoms with Crippen LogP contribution in [-0.2, 0) is 24.4 Å². The summed E-state index contributed by atoms with van der Waals surface area (Å²) in [5.74, 6) is 2.07. The van der Waals surface area contributed by atoms with Crippen molar-refractivity contribution in [3.63, 3.8) is 0 Å². The predicted octanol–water partition coefficient (Wildman–Crippen LogP) is 1.88. The first-order valence-corrected chi connectivity index (χ1v) is 8.40. The number of rotatable bonds is 4. The Balaban J connectivity index is 1.39. The maximum Gasteiger partial charge on any atom is 0.126 e. The van der Waals surface area contributed by atoms with Crippen LogP contribution in [0.4, 0.5) is 5.82 Å². The van der Waals surface area contributed by atoms with E-state index in [1.54, 1.807) is 6.20 Å². The second-order valence-electron chi connectivity index (χ2n) is 6.22. The number of nitrogens with zero attached hydrogens (tertiary/aromatic N) is 4. The minimum Gasteiger partial charge on any atom is -0.381 e. The molecule has 0 bridgehead atoms. The van der Waals surface area contributed by atoms with E-state index < -0.39 is 0 Å². The van der Waals surface area contributed by atoms with E-state index >= 15 is 0 Å². The van der Waals surface area contributed by atoms with Crippen LogP contribution in [-0.4, -0.2) is 45.2 Å². The average molecular weight is 313 g/mol. The summed E-state index contributed by atoms with van der Waals surface area (Å²) >= 11 is 0. The molecule has 6 heteroatoms. The van der Waals surface area contributed by atoms with Crippen molar-refractivity contribution in [2.24, 2.45) is 0 Å². The summed E-state index contributed by atoms with van der Waals surface area (Å²) in [6.45, 7) is 5.61. The molecule has 1 fully saturated rings. The van der Waals surface area contributed by atoms with E-state index in [9.17, 15) is 0 Å². The molecule has 0 spiro atoms. The molecule has 0 aromatic carbocycles. The zero-order chi connectivity index (χ0) is 15.5. The van der Waals surface area contributed by atoms with Gasteiger partial charge in [-0.1, -0.05) is 6.07 Å². The van der Waals surface area contributed by atoms with E-state index in [1.165, 1.54) is 5.82 Å². The zero-order valence-electron chi connectivity index (χ0n) is 13.3. The van der Waals surface area contributed by atoms with Gasteiger partial charge in [-0.15, -0.1) is 0 Å². The lowest BCUT2D eigenvalue weighted by molar-refractivity contribution is 0.0235. The van der Waals surface area contributed by atoms with Crippen molar-refractivity contribution in [2.45, 2.75) is 38.5 Å². The number of nitrogens with one attached hydrogen (secondary N) is 1. The van der Waals surface area contributed by atoms with Crippen molar-refractivity contribution in [3.8, 4) is 0 Å². The van der Waals surface area contributed by atoms with E-state index in [1.807, 2.05) is 18.2 Å². The summed E-state index contributed by atoms with van der Waals surface area (Å²) in [5.41, 5.74) is 1.08. The summed E-state index contributed by atoms with van der Waals surface area (Å²) in [5, 5.41) is 3.33. The van der Waals surface area contributed by atoms with Gasteiger partial charge in [0.05, 0.1) is 18.8 Å². The van der Waals surface area contributed by atoms with E-state index in [-0.39, 0.29) is 0 Å². The van der Waals surface area contributed by atoms with Crippen LogP contribution in [0.1, 0.15) is 24.4 Å². The van der Waals surface area contributed by atoms with Crippen LogP contribution in [0.2, 0.25) is 0 Å². The molecule has 0 saturated carbocycles. The Bertz CT molecular complexity index is 636. The first-order chi connectivity index (χ1) is 11.4. The van der Waals surface area contributed by atoms with Crippen LogP contribution in [0.25, 0.3) is 0 Å². The molecular weight excluding hydrogens is 290 g/mol. The summed E-state index contributed by atoms with van der Waals surface area (Å²) in [7, 11) is 0. The lowest BCUT2D eigenvalue weighted by Gasteiger charge is -2.36. The van der Waals surface area contributed by atoms with E-state index in [0.29, 0.717) is 12.6 Å². The lowest BCUT2D eigenvalue weighted by atomic mass is 10.1. The van der Waals surface area contributed by atoms with Gasteiger partial charge in [-0.25, -0.2) is 9.97 Å². The Kier molecular flexibility index (Phi) is 4.26. The Morgan fingerprint density at radius 1 is 1.22 bits per heavy atom. The van der Waals surface area contributed by atoms with Gasteiger partial charge in [0.15, 0.2) is 0 Å². The van der Waals surface area contributed by atoms with Crippen molar-refractivity contribution >= 4 is 5.82 Å². The highest BCUT2D eigenvalue weighted by molar-refractivity contribution is 5.33. The summed E-state index contributed by atoms with van der Waals surface area (Å²) in [6.07, 6.45) is 6.27. The molecule has 122 valence electrons. The second kappa shape index (κ2) is 6.68. The van der Waals surface area contributed by atoms with Crippen LogP contribution in [0.15, 0.2) is 30.6 Å². The number of anilines is 1. The van der Waals surface area contributed by atoms with E-state index in [0.717, 1.165) is 57.2 Å². The highest BCUT2D eigenvalue weighted by Gasteiger charge is 2.26. The number of fused-ring (bicyclic) bond motifs is 1. The minimum atomic E-state index is 0.657. The molecule has 0 radical (unpaired) electrons. The molecule has 1 saturated heterocycles. The third-order valence-corrected chi connectivity index (χ3v) is 4.70. The smallest absolute Gasteiger partial charge is 0.126 e. The topological polar surface area (TPSA) is 55.2 Å². The fourth-order valence-corrected chi connectivity index (χ4v) is 3.43. The van der Waals surface area contributed by atoms with Crippen LogP contribution < -0.4 is 5.32 Å². The molecule has 2 aliphatic heterocycles. The highest BCUT2D eigenvalue weighted by Crippen LogP contribution is 2.21. The van der Waals surface area contributed by atoms with Gasteiger partial charge in [-0.3, -0.25) is 4.90 Å². The standard InChI is InChI=1S/C17H23N5O/c1-2-6-18-16(3-1)19-11-14-12-22-8-7-21(13-17(22)20-14)15-4-9-23-10-5-15/h1-3,6,12,15H,4-5,7-11,13H2,(H,18,19). The van der Waals surface area contributed by atoms with Gasteiger partial charge in [-0.2, -0.15) is 0 Å². The van der Waals surface area contributed by atoms with Gasteiger partial charge >= 0.3 is 0 Å². The van der Waals surface area contributed by atoms with Crippen molar-refractivity contribution in [1.82, 2.24) is 19.4 Å². The number of imidazole rings is 1. The summed E-state index contributed by atoms with van der Waals surface area (Å²) in [6, 6.07) is 6.54. The summed E-state index contributed by atoms with van der Waals surface area (Å²) < 4.78 is 7.77. The van der Waals surface area contributed by atoms with Gasteiger partial charge in [-0.05, 0) is 25.0 Å². The quantitative estimate of drug-likeness (QED) is 0.934. The number of aromatic nitrogens is 3. The Hall–Kier alpha value is -1.92. The fraction of sp³-hybridized carbons (Fsp3) is 0.529. The molecule has 1 N–H and O–H groups in total. The molecule has 4 heterocycles. The molecule has 2 aromatic rings. The normalized spacial score (nSPS) is 19.5. The van der Waals surface area contributed by atoms with Crippen molar-refractivity contribution < 1.29 is 4.74 Å². The Morgan fingerprint density at radius 2 is 2.13 bits per heavy atom. The van der Waals surface area contributed by atoms with Crippen LogP contribution in [0, 0.1) is 0 Å². The van der Waals surface area contributed by atoms with Gasteiger partial charge in [0.25, 0.3) is 0 Å². The van der Waals surface area contributed by atoms with Gasteiger partial charge in [0.2, 0.25) is 0 Å². The SMILES string of the molecule is c1ccc(NCc2cn3c(n2)CN(C2CCOCC2)CC3)nc1. The van der Waals surface area contributed by atoms with E-state index in [2.05, 4.69) is 26.0 Å². The van der Waals surface area contributed by atoms with Crippen LogP contribution >= 0.6 is 0 Å². The molecule has 2 aliphatic rings. The maximum absolute atomic E-state index is 5.48. The average Bonchev–Trinajstić information content (AvgIpc) is 3.04. The fourth-order valence-electron chi connectivity index (χ4n) is 3.43. The zero-order valence-corrected chi connectivity index (χ0v) is 13.3. The Labute approximate surface area is 136 Å². The number of pyridine rings is 1. The molecule has 4 rings (SSSR count). The van der Waals surface area contributed by atoms with Crippen molar-refractivity contribution in [3.05, 3.63) is 42.1 Å². The Morgan fingerprint density at radius 3 is 2.96 bits per heavy atom. The first kappa shape index (κ1) is 14.7. The summed E-state index contributed by atoms with van der Waals surface area (Å²) in [4.78, 5) is 11.7. The molecule has 0 unspecified atom stereocenters. The lowest BCUT2D eigenvalue weighted by Crippen LogP contribution is -2.43. The van der Waals surface area contributed by atoms with Crippen molar-refractivity contribution in [2.75, 3.05) is 25.1 Å². The van der Waals surface area contributed by atoms with Crippen LogP contribution in [0.5, 0.6) is 0 Å². The largest absolute Gasteiger partial charge is 0.381 e. The third kappa shape index (κ3) is 3.38. The molecular formula is C17H23N5O. The molecule has 2 aromatic heterocycles. The molecule has 6 nitrogen and oxygen atoms in total. The molecule has 0 atom stereocenters. The number of hydrogen-bond donors (Lipinski definition) is 1. The van der Waals surface area contributed by atoms with Gasteiger partial charge in [0.1, 0.15) is 11.6 Å². The highest BCUT2D eigenvalue weighted by atomic mass is 16.5. The predicted molar refractivity (Wildman–Crippen MR) is 88.0 cm³/mol. The second-order valence-corrected chi connectivity index (χ2v) is 6.22. The minimum absolute atomic E-state index is 0.657. The molecule has 23 heavy (non-hydrogen) atoms. The number of hydrogen-bond acceptors (Lipinski definition) is 5. The third-order valence-electron chi connectivity index (χ3n) is 4.70. The monoisotopic (exact) mass is 313 g/mol. The molecule has 0 amide bonds. The van der Waals surface area contributed by atoms with Gasteiger partial charge < -0.3 is 14.6 Å².